The van der Waals surface area contributed by atoms with Crippen molar-refractivity contribution in [2.45, 2.75) is 37.8 Å². The van der Waals surface area contributed by atoms with Crippen LogP contribution in [0, 0.1) is 0 Å². The summed E-state index contributed by atoms with van der Waals surface area (Å²) in [5.74, 6) is 0. The van der Waals surface area contributed by atoms with Gasteiger partial charge < -0.3 is 0 Å². The number of rotatable bonds is 1. The van der Waals surface area contributed by atoms with Gasteiger partial charge >= 0.3 is 0 Å². The Bertz CT molecular complexity index is 252. The van der Waals surface area contributed by atoms with E-state index in [1.165, 1.54) is 25.7 Å². The Labute approximate surface area is 90.9 Å². The average molecular weight is 237 g/mol. The van der Waals surface area contributed by atoms with E-state index < -0.39 is 7.44 Å². The summed E-state index contributed by atoms with van der Waals surface area (Å²) < 4.78 is 16.6. The SMILES string of the molecule is CN1[C@@H]2CCCC[C@H]2N(C)P1(=O)CCl. The molecule has 0 aromatic carbocycles. The lowest BCUT2D eigenvalue weighted by Gasteiger charge is -2.28. The zero-order chi connectivity index (χ0) is 10.3. The van der Waals surface area contributed by atoms with Gasteiger partial charge in [0.05, 0.1) is 0 Å². The predicted molar refractivity (Wildman–Crippen MR) is 59.9 cm³/mol. The molecular weight excluding hydrogens is 219 g/mol. The average Bonchev–Trinajstić information content (AvgIpc) is 2.43. The van der Waals surface area contributed by atoms with E-state index in [2.05, 4.69) is 0 Å². The van der Waals surface area contributed by atoms with E-state index >= 15 is 0 Å². The summed E-state index contributed by atoms with van der Waals surface area (Å²) in [7, 11) is 1.53. The quantitative estimate of drug-likeness (QED) is 0.516. The first-order valence-corrected chi connectivity index (χ1v) is 7.56. The molecule has 0 amide bonds. The minimum absolute atomic E-state index is 0.257. The minimum atomic E-state index is -2.41. The molecule has 2 fully saturated rings. The minimum Gasteiger partial charge on any atom is -0.287 e. The normalized spacial score (nSPS) is 38.5. The van der Waals surface area contributed by atoms with Gasteiger partial charge in [0.25, 0.3) is 0 Å². The smallest absolute Gasteiger partial charge is 0.231 e. The molecule has 0 N–H and O–H groups in total. The lowest BCUT2D eigenvalue weighted by Crippen LogP contribution is -2.37. The van der Waals surface area contributed by atoms with Crippen molar-refractivity contribution in [1.82, 2.24) is 9.34 Å². The molecule has 1 aliphatic heterocycles. The van der Waals surface area contributed by atoms with E-state index in [9.17, 15) is 4.57 Å². The van der Waals surface area contributed by atoms with Crippen LogP contribution in [0.4, 0.5) is 0 Å². The van der Waals surface area contributed by atoms with Gasteiger partial charge in [0, 0.05) is 12.1 Å². The number of hydrogen-bond acceptors (Lipinski definition) is 1. The number of halogens is 1. The molecule has 5 heteroatoms. The topological polar surface area (TPSA) is 23.6 Å². The van der Waals surface area contributed by atoms with Gasteiger partial charge in [0.15, 0.2) is 0 Å². The molecule has 1 heterocycles. The van der Waals surface area contributed by atoms with Crippen molar-refractivity contribution < 1.29 is 4.57 Å². The monoisotopic (exact) mass is 236 g/mol. The molecule has 0 aromatic heterocycles. The molecule has 1 aliphatic carbocycles. The summed E-state index contributed by atoms with van der Waals surface area (Å²) in [4.78, 5) is 0. The number of fused-ring (bicyclic) bond motifs is 1. The maximum absolute atomic E-state index is 12.5. The summed E-state index contributed by atoms with van der Waals surface area (Å²) in [5, 5.41) is 0. The van der Waals surface area contributed by atoms with Gasteiger partial charge in [-0.1, -0.05) is 12.8 Å². The van der Waals surface area contributed by atoms with Crippen LogP contribution >= 0.6 is 19.0 Å². The molecule has 3 nitrogen and oxygen atoms in total. The zero-order valence-electron chi connectivity index (χ0n) is 8.82. The molecule has 0 spiro atoms. The predicted octanol–water partition coefficient (Wildman–Crippen LogP) is 2.56. The fourth-order valence-electron chi connectivity index (χ4n) is 2.82. The molecule has 0 bridgehead atoms. The molecule has 2 aliphatic rings. The van der Waals surface area contributed by atoms with Crippen LogP contribution < -0.4 is 0 Å². The van der Waals surface area contributed by atoms with Crippen LogP contribution in [0.1, 0.15) is 25.7 Å². The lowest BCUT2D eigenvalue weighted by atomic mass is 9.91. The van der Waals surface area contributed by atoms with Gasteiger partial charge in [-0.05, 0) is 26.9 Å². The molecule has 0 aromatic rings. The molecule has 0 radical (unpaired) electrons. The van der Waals surface area contributed by atoms with Gasteiger partial charge in [-0.2, -0.15) is 0 Å². The van der Waals surface area contributed by atoms with Crippen molar-refractivity contribution in [3.8, 4) is 0 Å². The van der Waals surface area contributed by atoms with Crippen molar-refractivity contribution >= 4 is 19.0 Å². The van der Waals surface area contributed by atoms with Crippen LogP contribution in [0.15, 0.2) is 0 Å². The summed E-state index contributed by atoms with van der Waals surface area (Å²) in [6, 6.07) is 0.941. The van der Waals surface area contributed by atoms with Gasteiger partial charge in [0.2, 0.25) is 7.44 Å². The second-order valence-electron chi connectivity index (χ2n) is 4.35. The van der Waals surface area contributed by atoms with Crippen LogP contribution in [0.2, 0.25) is 0 Å². The van der Waals surface area contributed by atoms with E-state index in [0.29, 0.717) is 12.1 Å². The highest BCUT2D eigenvalue weighted by atomic mass is 35.5. The van der Waals surface area contributed by atoms with Crippen molar-refractivity contribution in [3.05, 3.63) is 0 Å². The third-order valence-corrected chi connectivity index (χ3v) is 7.61. The highest BCUT2D eigenvalue weighted by Crippen LogP contribution is 2.62. The Morgan fingerprint density at radius 1 is 1.21 bits per heavy atom. The largest absolute Gasteiger partial charge is 0.287 e. The third-order valence-electron chi connectivity index (χ3n) is 3.80. The lowest BCUT2D eigenvalue weighted by molar-refractivity contribution is 0.233. The first-order valence-electron chi connectivity index (χ1n) is 5.23. The van der Waals surface area contributed by atoms with Gasteiger partial charge in [0.1, 0.15) is 5.62 Å². The Kier molecular flexibility index (Phi) is 2.96. The third kappa shape index (κ3) is 1.37. The van der Waals surface area contributed by atoms with Gasteiger partial charge in [-0.3, -0.25) is 4.57 Å². The summed E-state index contributed by atoms with van der Waals surface area (Å²) in [6.07, 6.45) is 4.88. The molecular formula is C9H18ClN2OP. The Hall–Kier alpha value is 0.440. The first-order chi connectivity index (χ1) is 6.61. The molecule has 1 saturated heterocycles. The van der Waals surface area contributed by atoms with E-state index in [0.717, 1.165) is 0 Å². The first kappa shape index (κ1) is 10.9. The van der Waals surface area contributed by atoms with E-state index in [-0.39, 0.29) is 5.62 Å². The standard InChI is InChI=1S/C9H18ClN2OP/c1-11-8-5-3-4-6-9(8)12(2)14(11,13)7-10/h8-9H,3-7H2,1-2H3/t8-,9-/m1/s1. The Morgan fingerprint density at radius 3 is 2.00 bits per heavy atom. The van der Waals surface area contributed by atoms with E-state index in [1.54, 1.807) is 0 Å². The molecule has 2 rings (SSSR count). The molecule has 2 atom stereocenters. The van der Waals surface area contributed by atoms with Crippen LogP contribution in [0.25, 0.3) is 0 Å². The number of nitrogens with zero attached hydrogens (tertiary/aromatic N) is 2. The Balaban J connectivity index is 2.28. The second kappa shape index (κ2) is 3.79. The maximum Gasteiger partial charge on any atom is 0.231 e. The van der Waals surface area contributed by atoms with Crippen molar-refractivity contribution in [3.63, 3.8) is 0 Å². The fourth-order valence-corrected chi connectivity index (χ4v) is 6.08. The van der Waals surface area contributed by atoms with Crippen LogP contribution in [0.5, 0.6) is 0 Å². The van der Waals surface area contributed by atoms with Crippen LogP contribution in [0.3, 0.4) is 0 Å². The number of hydrogen-bond donors (Lipinski definition) is 0. The van der Waals surface area contributed by atoms with Crippen molar-refractivity contribution in [2.75, 3.05) is 19.7 Å². The molecule has 1 saturated carbocycles. The number of likely N-dealkylation sites (N-methyl/N-ethyl adjacent to an activating group) is 2. The molecule has 82 valence electrons. The summed E-state index contributed by atoms with van der Waals surface area (Å²) >= 11 is 5.86. The highest BCUT2D eigenvalue weighted by molar-refractivity contribution is 7.61. The van der Waals surface area contributed by atoms with Gasteiger partial charge in [-0.15, -0.1) is 11.6 Å². The molecule has 14 heavy (non-hydrogen) atoms. The van der Waals surface area contributed by atoms with E-state index in [1.807, 2.05) is 23.4 Å². The van der Waals surface area contributed by atoms with Gasteiger partial charge in [-0.25, -0.2) is 9.34 Å². The second-order valence-corrected chi connectivity index (χ2v) is 7.90. The molecule has 0 unspecified atom stereocenters. The van der Waals surface area contributed by atoms with Crippen LogP contribution in [-0.4, -0.2) is 41.1 Å². The van der Waals surface area contributed by atoms with Crippen molar-refractivity contribution in [2.24, 2.45) is 0 Å². The highest BCUT2D eigenvalue weighted by Gasteiger charge is 2.50. The Morgan fingerprint density at radius 2 is 1.64 bits per heavy atom. The van der Waals surface area contributed by atoms with Crippen LogP contribution in [-0.2, 0) is 4.57 Å². The number of alkyl halides is 1. The fraction of sp³-hybridized carbons (Fsp3) is 1.00. The summed E-state index contributed by atoms with van der Waals surface area (Å²) in [6.45, 7) is 0. The summed E-state index contributed by atoms with van der Waals surface area (Å²) in [5.41, 5.74) is 0.257. The van der Waals surface area contributed by atoms with E-state index in [4.69, 9.17) is 11.6 Å². The maximum atomic E-state index is 12.5. The zero-order valence-corrected chi connectivity index (χ0v) is 10.5. The van der Waals surface area contributed by atoms with Crippen molar-refractivity contribution in [1.29, 1.82) is 0 Å².